The van der Waals surface area contributed by atoms with Crippen LogP contribution < -0.4 is 0 Å². The summed E-state index contributed by atoms with van der Waals surface area (Å²) in [5, 5.41) is 10.3. The van der Waals surface area contributed by atoms with E-state index in [2.05, 4.69) is 0 Å². The molecule has 0 radical (unpaired) electrons. The van der Waals surface area contributed by atoms with Gasteiger partial charge in [0.05, 0.1) is 18.6 Å². The van der Waals surface area contributed by atoms with Crippen molar-refractivity contribution >= 4 is 5.97 Å². The molecule has 92 valence electrons. The summed E-state index contributed by atoms with van der Waals surface area (Å²) in [5.74, 6) is -0.699. The van der Waals surface area contributed by atoms with Crippen LogP contribution in [0.2, 0.25) is 0 Å². The third kappa shape index (κ3) is 2.50. The van der Waals surface area contributed by atoms with Crippen molar-refractivity contribution in [3.05, 3.63) is 35.4 Å². The van der Waals surface area contributed by atoms with Crippen molar-refractivity contribution in [3.63, 3.8) is 0 Å². The van der Waals surface area contributed by atoms with Gasteiger partial charge in [-0.1, -0.05) is 24.3 Å². The van der Waals surface area contributed by atoms with Crippen molar-refractivity contribution in [2.45, 2.75) is 32.3 Å². The van der Waals surface area contributed by atoms with Crippen LogP contribution >= 0.6 is 0 Å². The molecule has 0 saturated heterocycles. The summed E-state index contributed by atoms with van der Waals surface area (Å²) in [6, 6.07) is 7.79. The molecule has 3 nitrogen and oxygen atoms in total. The number of aliphatic hydroxyl groups excluding tert-OH is 1. The van der Waals surface area contributed by atoms with Crippen LogP contribution in [0.5, 0.6) is 0 Å². The summed E-state index contributed by atoms with van der Waals surface area (Å²) in [6.45, 7) is 2.15. The van der Waals surface area contributed by atoms with Crippen molar-refractivity contribution in [2.24, 2.45) is 5.92 Å². The zero-order valence-electron chi connectivity index (χ0n) is 10.1. The lowest BCUT2D eigenvalue weighted by Crippen LogP contribution is -2.24. The Hall–Kier alpha value is -1.35. The molecule has 1 aliphatic carbocycles. The summed E-state index contributed by atoms with van der Waals surface area (Å²) in [4.78, 5) is 11.8. The molecular weight excluding hydrogens is 216 g/mol. The number of fused-ring (bicyclic) bond motifs is 1. The molecule has 0 bridgehead atoms. The summed E-state index contributed by atoms with van der Waals surface area (Å²) in [7, 11) is 0. The van der Waals surface area contributed by atoms with E-state index in [0.717, 1.165) is 24.0 Å². The van der Waals surface area contributed by atoms with Gasteiger partial charge in [0.2, 0.25) is 0 Å². The Kier molecular flexibility index (Phi) is 3.79. The maximum absolute atomic E-state index is 11.8. The number of carbonyl (C=O) groups is 1. The van der Waals surface area contributed by atoms with E-state index in [4.69, 9.17) is 4.74 Å². The highest BCUT2D eigenvalue weighted by Gasteiger charge is 2.32. The van der Waals surface area contributed by atoms with Crippen molar-refractivity contribution < 1.29 is 14.6 Å². The Labute approximate surface area is 101 Å². The molecule has 1 aliphatic rings. The van der Waals surface area contributed by atoms with E-state index in [-0.39, 0.29) is 5.97 Å². The summed E-state index contributed by atoms with van der Waals surface area (Å²) in [5.41, 5.74) is 2.02. The van der Waals surface area contributed by atoms with Gasteiger partial charge in [0.25, 0.3) is 0 Å². The molecule has 0 fully saturated rings. The molecule has 0 unspecified atom stereocenters. The second-order valence-corrected chi connectivity index (χ2v) is 4.39. The quantitative estimate of drug-likeness (QED) is 0.630. The van der Waals surface area contributed by atoms with Crippen molar-refractivity contribution in [1.82, 2.24) is 0 Å². The SMILES string of the molecule is CCOC(=O)[C@H]1CCCc2ccccc2[C@H]1O. The van der Waals surface area contributed by atoms with Crippen LogP contribution in [-0.2, 0) is 16.0 Å². The van der Waals surface area contributed by atoms with Gasteiger partial charge in [-0.2, -0.15) is 0 Å². The molecule has 0 saturated carbocycles. The van der Waals surface area contributed by atoms with E-state index in [0.29, 0.717) is 13.0 Å². The Morgan fingerprint density at radius 1 is 1.47 bits per heavy atom. The minimum absolute atomic E-state index is 0.281. The molecule has 0 amide bonds. The van der Waals surface area contributed by atoms with Crippen LogP contribution in [0.1, 0.15) is 37.0 Å². The van der Waals surface area contributed by atoms with Gasteiger partial charge in [-0.05, 0) is 37.3 Å². The van der Waals surface area contributed by atoms with Crippen LogP contribution in [0.3, 0.4) is 0 Å². The Morgan fingerprint density at radius 2 is 2.24 bits per heavy atom. The first-order valence-electron chi connectivity index (χ1n) is 6.16. The highest BCUT2D eigenvalue weighted by atomic mass is 16.5. The third-order valence-corrected chi connectivity index (χ3v) is 3.31. The average Bonchev–Trinajstić information content (AvgIpc) is 2.50. The summed E-state index contributed by atoms with van der Waals surface area (Å²) < 4.78 is 5.02. The molecule has 2 atom stereocenters. The van der Waals surface area contributed by atoms with Crippen LogP contribution in [0.25, 0.3) is 0 Å². The monoisotopic (exact) mass is 234 g/mol. The van der Waals surface area contributed by atoms with Gasteiger partial charge in [0.15, 0.2) is 0 Å². The zero-order valence-corrected chi connectivity index (χ0v) is 10.1. The first-order chi connectivity index (χ1) is 8.24. The maximum atomic E-state index is 11.8. The first-order valence-corrected chi connectivity index (χ1v) is 6.16. The van der Waals surface area contributed by atoms with E-state index in [9.17, 15) is 9.90 Å². The largest absolute Gasteiger partial charge is 0.466 e. The van der Waals surface area contributed by atoms with E-state index < -0.39 is 12.0 Å². The molecule has 0 aromatic heterocycles. The fourth-order valence-electron chi connectivity index (χ4n) is 2.43. The molecule has 0 aliphatic heterocycles. The number of hydrogen-bond donors (Lipinski definition) is 1. The lowest BCUT2D eigenvalue weighted by Gasteiger charge is -2.20. The normalized spacial score (nSPS) is 23.6. The molecule has 1 aromatic carbocycles. The van der Waals surface area contributed by atoms with Gasteiger partial charge in [-0.15, -0.1) is 0 Å². The Balaban J connectivity index is 2.25. The highest BCUT2D eigenvalue weighted by molar-refractivity contribution is 5.73. The smallest absolute Gasteiger partial charge is 0.311 e. The molecule has 1 N–H and O–H groups in total. The molecule has 0 heterocycles. The topological polar surface area (TPSA) is 46.5 Å². The summed E-state index contributed by atoms with van der Waals surface area (Å²) >= 11 is 0. The predicted octanol–water partition coefficient (Wildman–Crippen LogP) is 2.24. The van der Waals surface area contributed by atoms with E-state index >= 15 is 0 Å². The zero-order chi connectivity index (χ0) is 12.3. The van der Waals surface area contributed by atoms with Crippen LogP contribution in [-0.4, -0.2) is 17.7 Å². The number of benzene rings is 1. The fraction of sp³-hybridized carbons (Fsp3) is 0.500. The molecule has 17 heavy (non-hydrogen) atoms. The second kappa shape index (κ2) is 5.32. The maximum Gasteiger partial charge on any atom is 0.311 e. The second-order valence-electron chi connectivity index (χ2n) is 4.39. The van der Waals surface area contributed by atoms with E-state index in [1.165, 1.54) is 0 Å². The minimum atomic E-state index is -0.729. The number of aliphatic hydroxyl groups is 1. The average molecular weight is 234 g/mol. The fourth-order valence-corrected chi connectivity index (χ4v) is 2.43. The molecule has 1 aromatic rings. The third-order valence-electron chi connectivity index (χ3n) is 3.31. The molecule has 0 spiro atoms. The lowest BCUT2D eigenvalue weighted by atomic mass is 9.93. The first kappa shape index (κ1) is 12.1. The lowest BCUT2D eigenvalue weighted by molar-refractivity contribution is -0.152. The van der Waals surface area contributed by atoms with Gasteiger partial charge in [0.1, 0.15) is 0 Å². The van der Waals surface area contributed by atoms with Crippen molar-refractivity contribution in [3.8, 4) is 0 Å². The number of rotatable bonds is 2. The number of esters is 1. The van der Waals surface area contributed by atoms with Crippen molar-refractivity contribution in [1.29, 1.82) is 0 Å². The molecule has 2 rings (SSSR count). The number of hydrogen-bond acceptors (Lipinski definition) is 3. The van der Waals surface area contributed by atoms with E-state index in [1.54, 1.807) is 6.92 Å². The minimum Gasteiger partial charge on any atom is -0.466 e. The number of ether oxygens (including phenoxy) is 1. The van der Waals surface area contributed by atoms with Crippen molar-refractivity contribution in [2.75, 3.05) is 6.61 Å². The number of aryl methyl sites for hydroxylation is 1. The standard InChI is InChI=1S/C14H18O3/c1-2-17-14(16)12-9-5-7-10-6-3-4-8-11(10)13(12)15/h3-4,6,8,12-13,15H,2,5,7,9H2,1H3/t12-,13+/m0/s1. The van der Waals surface area contributed by atoms with Crippen LogP contribution in [0.4, 0.5) is 0 Å². The Bertz CT molecular complexity index is 400. The number of carbonyl (C=O) groups excluding carboxylic acids is 1. The van der Waals surface area contributed by atoms with Gasteiger partial charge in [-0.3, -0.25) is 4.79 Å². The van der Waals surface area contributed by atoms with E-state index in [1.807, 2.05) is 24.3 Å². The van der Waals surface area contributed by atoms with Crippen LogP contribution in [0, 0.1) is 5.92 Å². The van der Waals surface area contributed by atoms with Gasteiger partial charge in [-0.25, -0.2) is 0 Å². The molecule has 3 heteroatoms. The van der Waals surface area contributed by atoms with Gasteiger partial charge < -0.3 is 9.84 Å². The molecular formula is C14H18O3. The van der Waals surface area contributed by atoms with Gasteiger partial charge >= 0.3 is 5.97 Å². The highest BCUT2D eigenvalue weighted by Crippen LogP contribution is 2.33. The van der Waals surface area contributed by atoms with Crippen LogP contribution in [0.15, 0.2) is 24.3 Å². The van der Waals surface area contributed by atoms with Gasteiger partial charge in [0, 0.05) is 0 Å². The summed E-state index contributed by atoms with van der Waals surface area (Å²) in [6.07, 6.45) is 1.79. The Morgan fingerprint density at radius 3 is 3.00 bits per heavy atom. The predicted molar refractivity (Wildman–Crippen MR) is 64.5 cm³/mol.